The average molecular weight is 408 g/mol. The Balaban J connectivity index is 1.93. The summed E-state index contributed by atoms with van der Waals surface area (Å²) in [6, 6.07) is 9.53. The molecule has 2 aromatic carbocycles. The second-order valence-electron chi connectivity index (χ2n) is 6.20. The second kappa shape index (κ2) is 9.20. The monoisotopic (exact) mass is 408 g/mol. The third-order valence-electron chi connectivity index (χ3n) is 3.95. The normalized spacial score (nSPS) is 13.0. The largest absolute Gasteiger partial charge is 0.480 e. The molecule has 2 rings (SSSR count). The van der Waals surface area contributed by atoms with Crippen LogP contribution < -0.4 is 16.8 Å². The van der Waals surface area contributed by atoms with E-state index in [2.05, 4.69) is 10.3 Å². The molecule has 0 heterocycles. The molecule has 1 unspecified atom stereocenters. The Morgan fingerprint density at radius 2 is 1.59 bits per heavy atom. The molecular weight excluding hydrogens is 389 g/mol. The number of carboxylic acids is 1. The van der Waals surface area contributed by atoms with Gasteiger partial charge in [0.25, 0.3) is 5.91 Å². The van der Waals surface area contributed by atoms with Crippen molar-refractivity contribution in [3.05, 3.63) is 70.8 Å². The summed E-state index contributed by atoms with van der Waals surface area (Å²) in [5.41, 5.74) is 11.8. The van der Waals surface area contributed by atoms with Crippen LogP contribution in [-0.4, -0.2) is 29.0 Å². The molecule has 0 aromatic heterocycles. The Morgan fingerprint density at radius 3 is 2.10 bits per heavy atom. The van der Waals surface area contributed by atoms with Crippen molar-refractivity contribution < 1.29 is 27.9 Å². The number of nitrogens with two attached hydrogens (primary N) is 2. The Hall–Kier alpha value is -3.40. The van der Waals surface area contributed by atoms with E-state index in [1.165, 1.54) is 24.3 Å². The minimum absolute atomic E-state index is 0.0900. The van der Waals surface area contributed by atoms with E-state index in [1.54, 1.807) is 12.1 Å². The van der Waals surface area contributed by atoms with Crippen molar-refractivity contribution in [2.45, 2.75) is 25.2 Å². The lowest BCUT2D eigenvalue weighted by Gasteiger charge is -2.09. The molecule has 0 spiro atoms. The Bertz CT molecular complexity index is 894. The number of carbonyl (C=O) groups excluding carboxylic acids is 1. The van der Waals surface area contributed by atoms with E-state index < -0.39 is 29.7 Å². The molecule has 1 amide bonds. The van der Waals surface area contributed by atoms with Crippen molar-refractivity contribution in [3.8, 4) is 0 Å². The molecule has 0 aliphatic rings. The van der Waals surface area contributed by atoms with Crippen LogP contribution in [0.25, 0.3) is 0 Å². The van der Waals surface area contributed by atoms with Gasteiger partial charge in [0.2, 0.25) is 0 Å². The summed E-state index contributed by atoms with van der Waals surface area (Å²) < 4.78 is 37.6. The Labute approximate surface area is 164 Å². The fourth-order valence-corrected chi connectivity index (χ4v) is 2.34. The molecule has 0 radical (unpaired) electrons. The van der Waals surface area contributed by atoms with Crippen LogP contribution in [-0.2, 0) is 23.9 Å². The average Bonchev–Trinajstić information content (AvgIpc) is 2.66. The zero-order valence-corrected chi connectivity index (χ0v) is 15.1. The first-order valence-corrected chi connectivity index (χ1v) is 8.42. The summed E-state index contributed by atoms with van der Waals surface area (Å²) in [6.07, 6.45) is -4.29. The van der Waals surface area contributed by atoms with Gasteiger partial charge in [-0.25, -0.2) is 0 Å². The highest BCUT2D eigenvalue weighted by atomic mass is 19.4. The maximum atomic E-state index is 12.5. The standard InChI is InChI=1S/C19H19F3N4O3/c20-19(21,22)14-7-3-12(4-8-14)10-25-18(24)26-16(27)13-5-1-11(2-6-13)9-15(23)17(28)29/h1-8,15H,9-10,23H2,(H,28,29)(H3,24,25,26,27). The molecule has 7 nitrogen and oxygen atoms in total. The van der Waals surface area contributed by atoms with E-state index in [9.17, 15) is 22.8 Å². The van der Waals surface area contributed by atoms with Gasteiger partial charge in [-0.3, -0.25) is 9.59 Å². The number of benzene rings is 2. The number of alkyl halides is 3. The van der Waals surface area contributed by atoms with Crippen molar-refractivity contribution >= 4 is 17.8 Å². The molecular formula is C19H19F3N4O3. The van der Waals surface area contributed by atoms with Crippen LogP contribution in [0.4, 0.5) is 13.2 Å². The second-order valence-corrected chi connectivity index (χ2v) is 6.20. The van der Waals surface area contributed by atoms with Crippen LogP contribution in [0.3, 0.4) is 0 Å². The first-order valence-electron chi connectivity index (χ1n) is 8.42. The van der Waals surface area contributed by atoms with Gasteiger partial charge < -0.3 is 21.9 Å². The fourth-order valence-electron chi connectivity index (χ4n) is 2.34. The molecule has 0 aliphatic heterocycles. The fraction of sp³-hybridized carbons (Fsp3) is 0.211. The molecule has 6 N–H and O–H groups in total. The van der Waals surface area contributed by atoms with E-state index in [-0.39, 0.29) is 24.5 Å². The van der Waals surface area contributed by atoms with Gasteiger partial charge in [-0.15, -0.1) is 0 Å². The van der Waals surface area contributed by atoms with Gasteiger partial charge in [-0.1, -0.05) is 24.3 Å². The predicted molar refractivity (Wildman–Crippen MR) is 100.0 cm³/mol. The summed E-state index contributed by atoms with van der Waals surface area (Å²) in [7, 11) is 0. The molecule has 0 bridgehead atoms. The number of hydrogen-bond donors (Lipinski definition) is 4. The van der Waals surface area contributed by atoms with E-state index in [0.29, 0.717) is 11.1 Å². The Kier molecular flexibility index (Phi) is 6.94. The van der Waals surface area contributed by atoms with Gasteiger partial charge in [-0.05, 0) is 41.8 Å². The number of hydrogen-bond acceptors (Lipinski definition) is 3. The van der Waals surface area contributed by atoms with Gasteiger partial charge >= 0.3 is 12.1 Å². The van der Waals surface area contributed by atoms with Crippen molar-refractivity contribution in [1.29, 1.82) is 0 Å². The van der Waals surface area contributed by atoms with Crippen LogP contribution in [0.15, 0.2) is 53.5 Å². The highest BCUT2D eigenvalue weighted by Gasteiger charge is 2.29. The molecule has 10 heteroatoms. The van der Waals surface area contributed by atoms with Gasteiger partial charge in [0.15, 0.2) is 5.96 Å². The Morgan fingerprint density at radius 1 is 1.03 bits per heavy atom. The van der Waals surface area contributed by atoms with Crippen LogP contribution in [0.1, 0.15) is 27.0 Å². The number of guanidine groups is 1. The van der Waals surface area contributed by atoms with E-state index in [4.69, 9.17) is 16.6 Å². The van der Waals surface area contributed by atoms with Crippen LogP contribution >= 0.6 is 0 Å². The molecule has 1 atom stereocenters. The van der Waals surface area contributed by atoms with Gasteiger partial charge in [0, 0.05) is 12.1 Å². The maximum Gasteiger partial charge on any atom is 0.416 e. The molecule has 0 saturated heterocycles. The number of carboxylic acid groups (broad SMARTS) is 1. The lowest BCUT2D eigenvalue weighted by molar-refractivity contribution is -0.139. The lowest BCUT2D eigenvalue weighted by atomic mass is 10.0. The molecule has 0 saturated carbocycles. The number of carbonyl (C=O) groups is 2. The first-order chi connectivity index (χ1) is 13.6. The number of halogens is 3. The summed E-state index contributed by atoms with van der Waals surface area (Å²) in [5.74, 6) is -1.94. The van der Waals surface area contributed by atoms with Crippen molar-refractivity contribution in [1.82, 2.24) is 5.32 Å². The number of nitrogens with one attached hydrogen (secondary N) is 1. The molecule has 154 valence electrons. The maximum absolute atomic E-state index is 12.5. The van der Waals surface area contributed by atoms with Gasteiger partial charge in [-0.2, -0.15) is 18.2 Å². The molecule has 2 aromatic rings. The highest BCUT2D eigenvalue weighted by molar-refractivity contribution is 6.02. The number of amides is 1. The predicted octanol–water partition coefficient (Wildman–Crippen LogP) is 1.90. The molecule has 0 fully saturated rings. The number of aliphatic carboxylic acids is 1. The van der Waals surface area contributed by atoms with Crippen molar-refractivity contribution in [2.75, 3.05) is 0 Å². The highest BCUT2D eigenvalue weighted by Crippen LogP contribution is 2.29. The smallest absolute Gasteiger partial charge is 0.416 e. The third kappa shape index (κ3) is 6.61. The number of nitrogens with zero attached hydrogens (tertiary/aromatic N) is 1. The van der Waals surface area contributed by atoms with E-state index >= 15 is 0 Å². The van der Waals surface area contributed by atoms with Crippen LogP contribution in [0, 0.1) is 0 Å². The number of aliphatic imine (C=N–C) groups is 1. The summed E-state index contributed by atoms with van der Waals surface area (Å²) in [6.45, 7) is 0.0900. The topological polar surface area (TPSA) is 131 Å². The zero-order valence-electron chi connectivity index (χ0n) is 15.1. The summed E-state index contributed by atoms with van der Waals surface area (Å²) in [4.78, 5) is 26.6. The minimum atomic E-state index is -4.41. The van der Waals surface area contributed by atoms with Gasteiger partial charge in [0.1, 0.15) is 6.04 Å². The molecule has 0 aliphatic carbocycles. The van der Waals surface area contributed by atoms with Crippen LogP contribution in [0.2, 0.25) is 0 Å². The SMILES string of the molecule is NC(=NC(=O)c1ccc(CC(N)C(=O)O)cc1)NCc1ccc(C(F)(F)F)cc1. The lowest BCUT2D eigenvalue weighted by Crippen LogP contribution is -2.32. The zero-order chi connectivity index (χ0) is 21.6. The van der Waals surface area contributed by atoms with E-state index in [1.807, 2.05) is 0 Å². The quantitative estimate of drug-likeness (QED) is 0.427. The van der Waals surface area contributed by atoms with E-state index in [0.717, 1.165) is 12.1 Å². The minimum Gasteiger partial charge on any atom is -0.480 e. The third-order valence-corrected chi connectivity index (χ3v) is 3.95. The molecule has 29 heavy (non-hydrogen) atoms. The van der Waals surface area contributed by atoms with Crippen LogP contribution in [0.5, 0.6) is 0 Å². The summed E-state index contributed by atoms with van der Waals surface area (Å²) in [5, 5.41) is 11.5. The van der Waals surface area contributed by atoms with Gasteiger partial charge in [0.05, 0.1) is 5.56 Å². The summed E-state index contributed by atoms with van der Waals surface area (Å²) >= 11 is 0. The first kappa shape index (κ1) is 21.9. The number of rotatable bonds is 6. The van der Waals surface area contributed by atoms with Crippen molar-refractivity contribution in [2.24, 2.45) is 16.5 Å². The van der Waals surface area contributed by atoms with Crippen molar-refractivity contribution in [3.63, 3.8) is 0 Å².